The summed E-state index contributed by atoms with van der Waals surface area (Å²) in [5.74, 6) is 1.07. The maximum Gasteiger partial charge on any atom is 0.148 e. The first kappa shape index (κ1) is 17.9. The average Bonchev–Trinajstić information content (AvgIpc) is 2.42. The second kappa shape index (κ2) is 7.76. The van der Waals surface area contributed by atoms with Crippen molar-refractivity contribution in [1.82, 2.24) is 4.90 Å². The summed E-state index contributed by atoms with van der Waals surface area (Å²) in [6.45, 7) is 6.63. The Morgan fingerprint density at radius 3 is 2.20 bits per heavy atom. The smallest absolute Gasteiger partial charge is 0.148 e. The molecule has 0 atom stereocenters. The molecule has 0 aromatic heterocycles. The molecule has 1 saturated carbocycles. The first-order valence-corrected chi connectivity index (χ1v) is 10.1. The zero-order valence-electron chi connectivity index (χ0n) is 13.4. The predicted molar refractivity (Wildman–Crippen MR) is 85.6 cm³/mol. The Bertz CT molecular complexity index is 373. The van der Waals surface area contributed by atoms with Gasteiger partial charge in [-0.3, -0.25) is 4.90 Å². The van der Waals surface area contributed by atoms with Crippen molar-refractivity contribution in [3.63, 3.8) is 0 Å². The van der Waals surface area contributed by atoms with Crippen LogP contribution in [0.3, 0.4) is 0 Å². The minimum absolute atomic E-state index is 0.0341. The molecule has 0 radical (unpaired) electrons. The molecule has 0 unspecified atom stereocenters. The zero-order chi connectivity index (χ0) is 15.2. The molecule has 1 rings (SSSR count). The summed E-state index contributed by atoms with van der Waals surface area (Å²) in [5.41, 5.74) is 6.14. The van der Waals surface area contributed by atoms with E-state index in [-0.39, 0.29) is 11.3 Å². The molecule has 1 aliphatic rings. The summed E-state index contributed by atoms with van der Waals surface area (Å²) in [4.78, 5) is 2.36. The Balaban J connectivity index is 2.75. The molecule has 0 amide bonds. The first-order chi connectivity index (χ1) is 9.37. The Morgan fingerprint density at radius 1 is 1.20 bits per heavy atom. The highest BCUT2D eigenvalue weighted by molar-refractivity contribution is 7.90. The van der Waals surface area contributed by atoms with E-state index in [9.17, 15) is 8.42 Å². The van der Waals surface area contributed by atoms with E-state index in [1.165, 1.54) is 25.5 Å². The fourth-order valence-electron chi connectivity index (χ4n) is 3.40. The van der Waals surface area contributed by atoms with Crippen molar-refractivity contribution in [1.29, 1.82) is 0 Å². The second-order valence-corrected chi connectivity index (χ2v) is 8.66. The normalized spacial score (nSPS) is 27.9. The predicted octanol–water partition coefficient (Wildman–Crippen LogP) is 2.04. The van der Waals surface area contributed by atoms with Gasteiger partial charge >= 0.3 is 0 Å². The van der Waals surface area contributed by atoms with E-state index in [4.69, 9.17) is 5.73 Å². The summed E-state index contributed by atoms with van der Waals surface area (Å²) in [5, 5.41) is 0. The molecule has 0 bridgehead atoms. The van der Waals surface area contributed by atoms with Crippen LogP contribution in [0.5, 0.6) is 0 Å². The Kier molecular flexibility index (Phi) is 6.95. The van der Waals surface area contributed by atoms with Crippen molar-refractivity contribution in [2.45, 2.75) is 57.9 Å². The minimum atomic E-state index is -2.91. The number of rotatable bonds is 8. The molecule has 0 saturated heterocycles. The van der Waals surface area contributed by atoms with Crippen LogP contribution < -0.4 is 5.73 Å². The lowest BCUT2D eigenvalue weighted by Gasteiger charge is -2.47. The van der Waals surface area contributed by atoms with Crippen LogP contribution in [0, 0.1) is 5.92 Å². The zero-order valence-corrected chi connectivity index (χ0v) is 14.2. The van der Waals surface area contributed by atoms with Gasteiger partial charge in [0.15, 0.2) is 0 Å². The Hall–Kier alpha value is -0.130. The van der Waals surface area contributed by atoms with Crippen molar-refractivity contribution in [3.8, 4) is 0 Å². The number of sulfone groups is 1. The van der Waals surface area contributed by atoms with Gasteiger partial charge in [-0.1, -0.05) is 20.3 Å². The van der Waals surface area contributed by atoms with Crippen LogP contribution in [0.1, 0.15) is 52.4 Å². The van der Waals surface area contributed by atoms with Gasteiger partial charge in [-0.25, -0.2) is 8.42 Å². The standard InChI is InChI=1S/C15H32N2O2S/c1-4-10-17(11-12-20(3,18)19)15(13-16)8-6-14(5-2)7-9-15/h14H,4-13,16H2,1-3H3. The Labute approximate surface area is 125 Å². The van der Waals surface area contributed by atoms with Crippen molar-refractivity contribution >= 4 is 9.84 Å². The maximum absolute atomic E-state index is 11.5. The summed E-state index contributed by atoms with van der Waals surface area (Å²) in [6, 6.07) is 0. The molecule has 2 N–H and O–H groups in total. The molecule has 0 heterocycles. The van der Waals surface area contributed by atoms with Crippen LogP contribution in [-0.2, 0) is 9.84 Å². The molecule has 20 heavy (non-hydrogen) atoms. The molecule has 120 valence electrons. The van der Waals surface area contributed by atoms with Crippen LogP contribution >= 0.6 is 0 Å². The molecular weight excluding hydrogens is 272 g/mol. The van der Waals surface area contributed by atoms with Gasteiger partial charge in [-0.05, 0) is 44.6 Å². The summed E-state index contributed by atoms with van der Waals surface area (Å²) >= 11 is 0. The van der Waals surface area contributed by atoms with Gasteiger partial charge in [0.05, 0.1) is 5.75 Å². The molecular formula is C15H32N2O2S. The van der Waals surface area contributed by atoms with Crippen LogP contribution in [0.25, 0.3) is 0 Å². The van der Waals surface area contributed by atoms with Gasteiger partial charge < -0.3 is 5.73 Å². The first-order valence-electron chi connectivity index (χ1n) is 7.99. The maximum atomic E-state index is 11.5. The highest BCUT2D eigenvalue weighted by Crippen LogP contribution is 2.37. The van der Waals surface area contributed by atoms with Crippen LogP contribution in [0.15, 0.2) is 0 Å². The molecule has 0 spiro atoms. The molecule has 0 aliphatic heterocycles. The van der Waals surface area contributed by atoms with Crippen molar-refractivity contribution in [2.75, 3.05) is 31.6 Å². The van der Waals surface area contributed by atoms with Crippen molar-refractivity contribution < 1.29 is 8.42 Å². The van der Waals surface area contributed by atoms with E-state index in [0.29, 0.717) is 13.1 Å². The lowest BCUT2D eigenvalue weighted by molar-refractivity contribution is 0.0465. The molecule has 4 nitrogen and oxygen atoms in total. The largest absolute Gasteiger partial charge is 0.329 e. The third kappa shape index (κ3) is 5.01. The number of hydrogen-bond acceptors (Lipinski definition) is 4. The number of nitrogens with zero attached hydrogens (tertiary/aromatic N) is 1. The molecule has 0 aromatic rings. The van der Waals surface area contributed by atoms with E-state index < -0.39 is 9.84 Å². The second-order valence-electron chi connectivity index (χ2n) is 6.40. The lowest BCUT2D eigenvalue weighted by Crippen LogP contribution is -2.57. The number of nitrogens with two attached hydrogens (primary N) is 1. The van der Waals surface area contributed by atoms with Gasteiger partial charge in [0, 0.05) is 24.9 Å². The van der Waals surface area contributed by atoms with Gasteiger partial charge in [0.2, 0.25) is 0 Å². The summed E-state index contributed by atoms with van der Waals surface area (Å²) < 4.78 is 22.9. The fourth-order valence-corrected chi connectivity index (χ4v) is 3.96. The third-order valence-electron chi connectivity index (χ3n) is 4.89. The molecule has 1 aliphatic carbocycles. The van der Waals surface area contributed by atoms with E-state index in [1.807, 2.05) is 0 Å². The molecule has 5 heteroatoms. The fraction of sp³-hybridized carbons (Fsp3) is 1.00. The van der Waals surface area contributed by atoms with Gasteiger partial charge in [-0.15, -0.1) is 0 Å². The van der Waals surface area contributed by atoms with E-state index in [0.717, 1.165) is 31.7 Å². The van der Waals surface area contributed by atoms with E-state index in [1.54, 1.807) is 0 Å². The van der Waals surface area contributed by atoms with Crippen molar-refractivity contribution in [2.24, 2.45) is 11.7 Å². The minimum Gasteiger partial charge on any atom is -0.329 e. The van der Waals surface area contributed by atoms with Gasteiger partial charge in [0.25, 0.3) is 0 Å². The average molecular weight is 305 g/mol. The van der Waals surface area contributed by atoms with E-state index >= 15 is 0 Å². The van der Waals surface area contributed by atoms with E-state index in [2.05, 4.69) is 18.7 Å². The topological polar surface area (TPSA) is 63.4 Å². The third-order valence-corrected chi connectivity index (χ3v) is 5.81. The summed E-state index contributed by atoms with van der Waals surface area (Å²) in [7, 11) is -2.91. The van der Waals surface area contributed by atoms with Crippen LogP contribution in [0.4, 0.5) is 0 Å². The SMILES string of the molecule is CCCN(CCS(C)(=O)=O)C1(CN)CCC(CC)CC1. The Morgan fingerprint density at radius 2 is 1.80 bits per heavy atom. The highest BCUT2D eigenvalue weighted by Gasteiger charge is 2.38. The number of hydrogen-bond donors (Lipinski definition) is 1. The van der Waals surface area contributed by atoms with Gasteiger partial charge in [0.1, 0.15) is 9.84 Å². The lowest BCUT2D eigenvalue weighted by atomic mass is 9.74. The molecule has 1 fully saturated rings. The quantitative estimate of drug-likeness (QED) is 0.745. The molecule has 0 aromatic carbocycles. The van der Waals surface area contributed by atoms with Crippen molar-refractivity contribution in [3.05, 3.63) is 0 Å². The summed E-state index contributed by atoms with van der Waals surface area (Å²) in [6.07, 6.45) is 8.30. The highest BCUT2D eigenvalue weighted by atomic mass is 32.2. The van der Waals surface area contributed by atoms with Crippen LogP contribution in [0.2, 0.25) is 0 Å². The van der Waals surface area contributed by atoms with Crippen LogP contribution in [-0.4, -0.2) is 50.5 Å². The van der Waals surface area contributed by atoms with Gasteiger partial charge in [-0.2, -0.15) is 0 Å². The monoisotopic (exact) mass is 304 g/mol.